The number of ether oxygens (including phenoxy) is 1. The van der Waals surface area contributed by atoms with Crippen LogP contribution in [0.2, 0.25) is 0 Å². The van der Waals surface area contributed by atoms with Gasteiger partial charge in [-0.1, -0.05) is 6.07 Å². The van der Waals surface area contributed by atoms with Crippen molar-refractivity contribution in [1.82, 2.24) is 20.1 Å². The molecule has 1 aromatic heterocycles. The number of rotatable bonds is 7. The third kappa shape index (κ3) is 4.88. The minimum absolute atomic E-state index is 0.0102. The van der Waals surface area contributed by atoms with Crippen LogP contribution in [0.3, 0.4) is 0 Å². The van der Waals surface area contributed by atoms with E-state index in [1.165, 1.54) is 0 Å². The molecule has 1 aromatic carbocycles. The molecule has 168 valence electrons. The fraction of sp³-hybridized carbons (Fsp3) is 0.391. The van der Waals surface area contributed by atoms with Crippen molar-refractivity contribution >= 4 is 23.5 Å². The van der Waals surface area contributed by atoms with Crippen molar-refractivity contribution in [3.63, 3.8) is 0 Å². The summed E-state index contributed by atoms with van der Waals surface area (Å²) in [6.07, 6.45) is 4.12. The third-order valence-corrected chi connectivity index (χ3v) is 5.85. The molecule has 0 unspecified atom stereocenters. The van der Waals surface area contributed by atoms with Crippen LogP contribution in [0.5, 0.6) is 5.75 Å². The van der Waals surface area contributed by atoms with Gasteiger partial charge >= 0.3 is 6.03 Å². The highest BCUT2D eigenvalue weighted by atomic mass is 16.5. The van der Waals surface area contributed by atoms with Crippen LogP contribution in [0.4, 0.5) is 10.5 Å². The minimum Gasteiger partial charge on any atom is -0.497 e. The first kappa shape index (κ1) is 21.8. The number of carbonyl (C=O) groups excluding carboxylic acids is 3. The lowest BCUT2D eigenvalue weighted by molar-refractivity contribution is -0.133. The largest absolute Gasteiger partial charge is 0.497 e. The van der Waals surface area contributed by atoms with Gasteiger partial charge in [0.15, 0.2) is 0 Å². The summed E-state index contributed by atoms with van der Waals surface area (Å²) in [6, 6.07) is 9.52. The number of anilines is 1. The number of benzene rings is 1. The second-order valence-electron chi connectivity index (χ2n) is 7.93. The molecule has 0 saturated carbocycles. The van der Waals surface area contributed by atoms with E-state index in [0.717, 1.165) is 30.1 Å². The molecule has 1 atom stereocenters. The van der Waals surface area contributed by atoms with Gasteiger partial charge in [-0.25, -0.2) is 9.69 Å². The molecular formula is C23H27N5O4. The Morgan fingerprint density at radius 3 is 2.53 bits per heavy atom. The highest BCUT2D eigenvalue weighted by Gasteiger charge is 2.39. The number of hydrogen-bond acceptors (Lipinski definition) is 6. The van der Waals surface area contributed by atoms with E-state index in [1.54, 1.807) is 37.6 Å². The molecule has 2 saturated heterocycles. The van der Waals surface area contributed by atoms with Crippen molar-refractivity contribution in [2.75, 3.05) is 38.2 Å². The lowest BCUT2D eigenvalue weighted by Crippen LogP contribution is -2.48. The summed E-state index contributed by atoms with van der Waals surface area (Å²) < 4.78 is 5.11. The van der Waals surface area contributed by atoms with Crippen molar-refractivity contribution in [2.45, 2.75) is 25.4 Å². The summed E-state index contributed by atoms with van der Waals surface area (Å²) in [6.45, 7) is 3.72. The zero-order valence-corrected chi connectivity index (χ0v) is 18.1. The van der Waals surface area contributed by atoms with E-state index < -0.39 is 12.1 Å². The molecule has 3 heterocycles. The first-order valence-electron chi connectivity index (χ1n) is 10.7. The number of amides is 4. The number of carbonyl (C=O) groups is 3. The van der Waals surface area contributed by atoms with E-state index in [-0.39, 0.29) is 24.7 Å². The smallest absolute Gasteiger partial charge is 0.329 e. The Bertz CT molecular complexity index is 958. The van der Waals surface area contributed by atoms with E-state index in [9.17, 15) is 14.4 Å². The molecule has 0 spiro atoms. The van der Waals surface area contributed by atoms with Crippen LogP contribution < -0.4 is 15.0 Å². The Kier molecular flexibility index (Phi) is 6.65. The molecule has 0 radical (unpaired) electrons. The van der Waals surface area contributed by atoms with Gasteiger partial charge in [0.05, 0.1) is 12.8 Å². The van der Waals surface area contributed by atoms with Crippen LogP contribution in [-0.4, -0.2) is 72.0 Å². The molecule has 2 aliphatic rings. The molecule has 2 aromatic rings. The Balaban J connectivity index is 1.25. The lowest BCUT2D eigenvalue weighted by Gasteiger charge is -2.34. The molecule has 4 amide bonds. The third-order valence-electron chi connectivity index (χ3n) is 5.85. The maximum atomic E-state index is 12.8. The topological polar surface area (TPSA) is 95.1 Å². The van der Waals surface area contributed by atoms with Gasteiger partial charge < -0.3 is 15.0 Å². The summed E-state index contributed by atoms with van der Waals surface area (Å²) in [5, 5.41) is 2.69. The van der Waals surface area contributed by atoms with Gasteiger partial charge in [0.1, 0.15) is 11.8 Å². The van der Waals surface area contributed by atoms with Gasteiger partial charge in [-0.2, -0.15) is 0 Å². The number of nitrogens with zero attached hydrogens (tertiary/aromatic N) is 4. The van der Waals surface area contributed by atoms with E-state index in [4.69, 9.17) is 4.74 Å². The summed E-state index contributed by atoms with van der Waals surface area (Å²) in [5.41, 5.74) is 1.64. The molecule has 2 fully saturated rings. The Morgan fingerprint density at radius 2 is 1.88 bits per heavy atom. The highest BCUT2D eigenvalue weighted by Crippen LogP contribution is 2.24. The van der Waals surface area contributed by atoms with Crippen molar-refractivity contribution in [1.29, 1.82) is 0 Å². The van der Waals surface area contributed by atoms with Gasteiger partial charge in [-0.05, 0) is 42.3 Å². The van der Waals surface area contributed by atoms with Crippen molar-refractivity contribution < 1.29 is 19.1 Å². The number of nitrogens with one attached hydrogen (secondary N) is 1. The molecule has 0 aliphatic carbocycles. The van der Waals surface area contributed by atoms with Crippen LogP contribution in [-0.2, 0) is 16.1 Å². The average molecular weight is 438 g/mol. The van der Waals surface area contributed by atoms with Gasteiger partial charge in [0.25, 0.3) is 5.91 Å². The predicted octanol–water partition coefficient (Wildman–Crippen LogP) is 1.64. The van der Waals surface area contributed by atoms with Gasteiger partial charge in [-0.3, -0.25) is 19.5 Å². The molecule has 0 bridgehead atoms. The average Bonchev–Trinajstić information content (AvgIpc) is 3.11. The molecule has 9 nitrogen and oxygen atoms in total. The van der Waals surface area contributed by atoms with E-state index >= 15 is 0 Å². The second-order valence-corrected chi connectivity index (χ2v) is 7.93. The SMILES string of the molecule is COc1ccc(N2C(=O)N[C@H](CCC(=O)N3CCN(Cc4cccnc4)CC3)C2=O)cc1. The molecule has 9 heteroatoms. The minimum atomic E-state index is -0.694. The summed E-state index contributed by atoms with van der Waals surface area (Å²) in [5.74, 6) is 0.314. The van der Waals surface area contributed by atoms with E-state index in [1.807, 2.05) is 23.2 Å². The number of pyridine rings is 1. The fourth-order valence-corrected chi connectivity index (χ4v) is 4.03. The Hall–Kier alpha value is -3.46. The van der Waals surface area contributed by atoms with Gasteiger partial charge in [0, 0.05) is 51.5 Å². The first-order valence-corrected chi connectivity index (χ1v) is 10.7. The summed E-state index contributed by atoms with van der Waals surface area (Å²) in [4.78, 5) is 47.2. The fourth-order valence-electron chi connectivity index (χ4n) is 4.03. The Labute approximate surface area is 187 Å². The maximum Gasteiger partial charge on any atom is 0.329 e. The first-order chi connectivity index (χ1) is 15.5. The zero-order chi connectivity index (χ0) is 22.5. The van der Waals surface area contributed by atoms with E-state index in [0.29, 0.717) is 24.5 Å². The molecular weight excluding hydrogens is 410 g/mol. The number of urea groups is 1. The highest BCUT2D eigenvalue weighted by molar-refractivity contribution is 6.21. The predicted molar refractivity (Wildman–Crippen MR) is 118 cm³/mol. The standard InChI is InChI=1S/C23H27N5O4/c1-32-19-6-4-18(5-7-19)28-22(30)20(25-23(28)31)8-9-21(29)27-13-11-26(12-14-27)16-17-3-2-10-24-15-17/h2-7,10,15,20H,8-9,11-14,16H2,1H3,(H,25,31)/t20-/m1/s1. The summed E-state index contributed by atoms with van der Waals surface area (Å²) in [7, 11) is 1.55. The zero-order valence-electron chi connectivity index (χ0n) is 18.1. The molecule has 1 N–H and O–H groups in total. The van der Waals surface area contributed by atoms with Crippen LogP contribution in [0.1, 0.15) is 18.4 Å². The normalized spacial score (nSPS) is 19.2. The molecule has 32 heavy (non-hydrogen) atoms. The van der Waals surface area contributed by atoms with Crippen LogP contribution in [0.15, 0.2) is 48.8 Å². The van der Waals surface area contributed by atoms with E-state index in [2.05, 4.69) is 15.2 Å². The van der Waals surface area contributed by atoms with Gasteiger partial charge in [0.2, 0.25) is 5.91 Å². The maximum absolute atomic E-state index is 12.8. The Morgan fingerprint density at radius 1 is 1.12 bits per heavy atom. The van der Waals surface area contributed by atoms with Crippen molar-refractivity contribution in [3.8, 4) is 5.75 Å². The van der Waals surface area contributed by atoms with Crippen LogP contribution in [0, 0.1) is 0 Å². The molecule has 4 rings (SSSR count). The monoisotopic (exact) mass is 437 g/mol. The number of piperazine rings is 1. The molecule has 2 aliphatic heterocycles. The second kappa shape index (κ2) is 9.78. The van der Waals surface area contributed by atoms with Crippen molar-refractivity contribution in [2.24, 2.45) is 0 Å². The summed E-state index contributed by atoms with van der Waals surface area (Å²) >= 11 is 0. The quantitative estimate of drug-likeness (QED) is 0.662. The number of hydrogen-bond donors (Lipinski definition) is 1. The van der Waals surface area contributed by atoms with Crippen LogP contribution in [0.25, 0.3) is 0 Å². The van der Waals surface area contributed by atoms with Crippen molar-refractivity contribution in [3.05, 3.63) is 54.4 Å². The number of aromatic nitrogens is 1. The van der Waals surface area contributed by atoms with Crippen LogP contribution >= 0.6 is 0 Å². The lowest BCUT2D eigenvalue weighted by atomic mass is 10.1. The van der Waals surface area contributed by atoms with Gasteiger partial charge in [-0.15, -0.1) is 0 Å². The number of imide groups is 1. The number of methoxy groups -OCH3 is 1.